The molecular weight excluding hydrogens is 483 g/mol. The number of thiophene rings is 1. The summed E-state index contributed by atoms with van der Waals surface area (Å²) in [5.74, 6) is 1.38. The van der Waals surface area contributed by atoms with Crippen LogP contribution in [0.4, 0.5) is 0 Å². The lowest BCUT2D eigenvalue weighted by molar-refractivity contribution is 0.518. The second-order valence-electron chi connectivity index (χ2n) is 7.15. The van der Waals surface area contributed by atoms with Crippen LogP contribution in [0.5, 0.6) is 0 Å². The Morgan fingerprint density at radius 3 is 2.57 bits per heavy atom. The van der Waals surface area contributed by atoms with Crippen LogP contribution in [0.1, 0.15) is 30.0 Å². The average molecular weight is 510 g/mol. The van der Waals surface area contributed by atoms with Crippen LogP contribution < -0.4 is 10.6 Å². The van der Waals surface area contributed by atoms with Crippen molar-refractivity contribution in [3.05, 3.63) is 64.2 Å². The highest BCUT2D eigenvalue weighted by molar-refractivity contribution is 14.0. The topological polar surface area (TPSA) is 62.5 Å². The lowest BCUT2D eigenvalue weighted by Crippen LogP contribution is -2.43. The largest absolute Gasteiger partial charge is 0.444 e. The van der Waals surface area contributed by atoms with Crippen molar-refractivity contribution in [2.75, 3.05) is 13.6 Å². The molecule has 28 heavy (non-hydrogen) atoms. The number of hydrogen-bond donors (Lipinski definition) is 2. The molecule has 3 aromatic rings. The summed E-state index contributed by atoms with van der Waals surface area (Å²) in [7, 11) is 1.77. The zero-order valence-electron chi connectivity index (χ0n) is 16.7. The van der Waals surface area contributed by atoms with Gasteiger partial charge in [-0.05, 0) is 30.5 Å². The van der Waals surface area contributed by atoms with Gasteiger partial charge in [0.05, 0.1) is 12.2 Å². The highest BCUT2D eigenvalue weighted by Gasteiger charge is 2.22. The highest BCUT2D eigenvalue weighted by atomic mass is 127. The van der Waals surface area contributed by atoms with Gasteiger partial charge in [0.15, 0.2) is 5.96 Å². The zero-order chi connectivity index (χ0) is 19.3. The Hall–Kier alpha value is -1.87. The van der Waals surface area contributed by atoms with E-state index in [0.29, 0.717) is 12.4 Å². The summed E-state index contributed by atoms with van der Waals surface area (Å²) in [6.45, 7) is 7.86. The van der Waals surface area contributed by atoms with E-state index < -0.39 is 0 Å². The molecule has 150 valence electrons. The number of aryl methyl sites for hydroxylation is 1. The third-order valence-electron chi connectivity index (χ3n) is 4.40. The van der Waals surface area contributed by atoms with Gasteiger partial charge in [0.1, 0.15) is 6.26 Å². The first kappa shape index (κ1) is 22.4. The third kappa shape index (κ3) is 5.81. The summed E-state index contributed by atoms with van der Waals surface area (Å²) in [6, 6.07) is 12.4. The van der Waals surface area contributed by atoms with E-state index in [2.05, 4.69) is 71.0 Å². The van der Waals surface area contributed by atoms with E-state index >= 15 is 0 Å². The van der Waals surface area contributed by atoms with Crippen molar-refractivity contribution in [2.45, 2.75) is 32.7 Å². The number of benzene rings is 1. The molecule has 1 aromatic carbocycles. The van der Waals surface area contributed by atoms with Gasteiger partial charge >= 0.3 is 0 Å². The van der Waals surface area contributed by atoms with Crippen molar-refractivity contribution in [3.8, 4) is 11.5 Å². The maximum Gasteiger partial charge on any atom is 0.226 e. The van der Waals surface area contributed by atoms with Crippen molar-refractivity contribution in [1.82, 2.24) is 15.6 Å². The number of halogens is 1. The molecule has 7 heteroatoms. The first-order chi connectivity index (χ1) is 13.0. The number of guanidine groups is 1. The minimum absolute atomic E-state index is 0. The van der Waals surface area contributed by atoms with E-state index in [1.807, 2.05) is 12.1 Å². The first-order valence-corrected chi connectivity index (χ1v) is 9.86. The summed E-state index contributed by atoms with van der Waals surface area (Å²) < 4.78 is 5.61. The van der Waals surface area contributed by atoms with Crippen molar-refractivity contribution < 1.29 is 4.42 Å². The molecule has 0 bridgehead atoms. The molecule has 0 aliphatic rings. The highest BCUT2D eigenvalue weighted by Crippen LogP contribution is 2.26. The Labute approximate surface area is 187 Å². The van der Waals surface area contributed by atoms with Gasteiger partial charge < -0.3 is 15.1 Å². The van der Waals surface area contributed by atoms with E-state index in [1.54, 1.807) is 24.6 Å². The Balaban J connectivity index is 0.00000280. The van der Waals surface area contributed by atoms with Crippen molar-refractivity contribution >= 4 is 41.3 Å². The molecule has 0 amide bonds. The standard InChI is InChI=1S/C21H26N4OS.HI/c1-15-7-9-16(10-8-15)19-25-17(13-26-19)12-23-20(22-4)24-14-21(2,3)18-6-5-11-27-18;/h5-11,13H,12,14H2,1-4H3,(H2,22,23,24);1H. The molecule has 0 aliphatic heterocycles. The normalized spacial score (nSPS) is 11.8. The van der Waals surface area contributed by atoms with Gasteiger partial charge in [0, 0.05) is 29.4 Å². The summed E-state index contributed by atoms with van der Waals surface area (Å²) in [5.41, 5.74) is 3.07. The molecule has 0 saturated carbocycles. The van der Waals surface area contributed by atoms with E-state index in [0.717, 1.165) is 23.8 Å². The van der Waals surface area contributed by atoms with Crippen LogP contribution in [-0.2, 0) is 12.0 Å². The minimum atomic E-state index is 0. The predicted octanol–water partition coefficient (Wildman–Crippen LogP) is 4.97. The van der Waals surface area contributed by atoms with Crippen LogP contribution in [-0.4, -0.2) is 24.5 Å². The Bertz CT molecular complexity index is 886. The molecule has 0 atom stereocenters. The molecule has 0 spiro atoms. The lowest BCUT2D eigenvalue weighted by Gasteiger charge is -2.24. The predicted molar refractivity (Wildman–Crippen MR) is 128 cm³/mol. The van der Waals surface area contributed by atoms with Gasteiger partial charge in [-0.3, -0.25) is 4.99 Å². The maximum atomic E-state index is 5.61. The van der Waals surface area contributed by atoms with Crippen LogP contribution in [0.2, 0.25) is 0 Å². The summed E-state index contributed by atoms with van der Waals surface area (Å²) in [6.07, 6.45) is 1.69. The number of aromatic nitrogens is 1. The Morgan fingerprint density at radius 1 is 1.18 bits per heavy atom. The molecule has 5 nitrogen and oxygen atoms in total. The van der Waals surface area contributed by atoms with E-state index in [4.69, 9.17) is 4.42 Å². The van der Waals surface area contributed by atoms with E-state index in [-0.39, 0.29) is 29.4 Å². The smallest absolute Gasteiger partial charge is 0.226 e. The fourth-order valence-electron chi connectivity index (χ4n) is 2.67. The SMILES string of the molecule is CN=C(NCc1coc(-c2ccc(C)cc2)n1)NCC(C)(C)c1cccs1.I. The first-order valence-electron chi connectivity index (χ1n) is 8.98. The number of aliphatic imine (C=N–C) groups is 1. The summed E-state index contributed by atoms with van der Waals surface area (Å²) in [5, 5.41) is 8.81. The fraction of sp³-hybridized carbons (Fsp3) is 0.333. The van der Waals surface area contributed by atoms with Crippen LogP contribution in [0.15, 0.2) is 57.5 Å². The molecule has 0 aliphatic carbocycles. The van der Waals surface area contributed by atoms with E-state index in [9.17, 15) is 0 Å². The second-order valence-corrected chi connectivity index (χ2v) is 8.10. The van der Waals surface area contributed by atoms with Crippen LogP contribution in [0, 0.1) is 6.92 Å². The number of hydrogen-bond acceptors (Lipinski definition) is 4. The number of nitrogens with zero attached hydrogens (tertiary/aromatic N) is 2. The van der Waals surface area contributed by atoms with Crippen molar-refractivity contribution in [1.29, 1.82) is 0 Å². The third-order valence-corrected chi connectivity index (χ3v) is 5.63. The fourth-order valence-corrected chi connectivity index (χ4v) is 3.52. The van der Waals surface area contributed by atoms with Gasteiger partial charge in [-0.15, -0.1) is 35.3 Å². The molecule has 3 rings (SSSR count). The monoisotopic (exact) mass is 510 g/mol. The van der Waals surface area contributed by atoms with E-state index in [1.165, 1.54) is 10.4 Å². The molecule has 2 heterocycles. The second kappa shape index (κ2) is 10.1. The van der Waals surface area contributed by atoms with Crippen LogP contribution in [0.3, 0.4) is 0 Å². The molecule has 0 unspecified atom stereocenters. The molecule has 0 fully saturated rings. The van der Waals surface area contributed by atoms with Crippen molar-refractivity contribution in [2.24, 2.45) is 4.99 Å². The van der Waals surface area contributed by atoms with Crippen LogP contribution in [0.25, 0.3) is 11.5 Å². The Kier molecular flexibility index (Phi) is 8.06. The Morgan fingerprint density at radius 2 is 1.93 bits per heavy atom. The molecule has 0 saturated heterocycles. The quantitative estimate of drug-likeness (QED) is 0.279. The summed E-state index contributed by atoms with van der Waals surface area (Å²) in [4.78, 5) is 10.2. The van der Waals surface area contributed by atoms with Gasteiger partial charge in [-0.25, -0.2) is 4.98 Å². The summed E-state index contributed by atoms with van der Waals surface area (Å²) >= 11 is 1.78. The van der Waals surface area contributed by atoms with Crippen LogP contribution >= 0.6 is 35.3 Å². The molecular formula is C21H27IN4OS. The van der Waals surface area contributed by atoms with Gasteiger partial charge in [0.2, 0.25) is 5.89 Å². The molecule has 2 N–H and O–H groups in total. The zero-order valence-corrected chi connectivity index (χ0v) is 19.8. The van der Waals surface area contributed by atoms with Crippen molar-refractivity contribution in [3.63, 3.8) is 0 Å². The minimum Gasteiger partial charge on any atom is -0.444 e. The number of rotatable bonds is 6. The average Bonchev–Trinajstić information content (AvgIpc) is 3.35. The molecule has 2 aromatic heterocycles. The maximum absolute atomic E-state index is 5.61. The van der Waals surface area contributed by atoms with Gasteiger partial charge in [-0.1, -0.05) is 37.6 Å². The molecule has 0 radical (unpaired) electrons. The lowest BCUT2D eigenvalue weighted by atomic mass is 9.91. The number of oxazole rings is 1. The van der Waals surface area contributed by atoms with Gasteiger partial charge in [-0.2, -0.15) is 0 Å². The number of nitrogens with one attached hydrogen (secondary N) is 2. The van der Waals surface area contributed by atoms with Gasteiger partial charge in [0.25, 0.3) is 0 Å².